The molecule has 0 saturated carbocycles. The molecule has 34 heavy (non-hydrogen) atoms. The molecule has 2 aromatic carbocycles. The maximum atomic E-state index is 13.9. The van der Waals surface area contributed by atoms with Gasteiger partial charge in [-0.2, -0.15) is 4.31 Å². The summed E-state index contributed by atoms with van der Waals surface area (Å²) in [5.74, 6) is -0.968. The summed E-state index contributed by atoms with van der Waals surface area (Å²) < 4.78 is 29.2. The lowest BCUT2D eigenvalue weighted by Gasteiger charge is -2.38. The fraction of sp³-hybridized carbons (Fsp3) is 0.308. The molecule has 1 N–H and O–H groups in total. The van der Waals surface area contributed by atoms with E-state index in [4.69, 9.17) is 16.7 Å². The number of hydrogen-bond donors (Lipinski definition) is 1. The van der Waals surface area contributed by atoms with Crippen LogP contribution in [-0.4, -0.2) is 35.3 Å². The fourth-order valence-electron chi connectivity index (χ4n) is 4.07. The van der Waals surface area contributed by atoms with Crippen LogP contribution in [0, 0.1) is 13.8 Å². The maximum absolute atomic E-state index is 13.9. The number of hydrogen-bond acceptors (Lipinski definition) is 4. The molecule has 1 aromatic heterocycles. The smallest absolute Gasteiger partial charge is 0.303 e. The van der Waals surface area contributed by atoms with Crippen LogP contribution in [0.1, 0.15) is 43.4 Å². The average Bonchev–Trinajstić information content (AvgIpc) is 2.78. The van der Waals surface area contributed by atoms with Gasteiger partial charge in [0.2, 0.25) is 10.0 Å². The monoisotopic (exact) mass is 500 g/mol. The highest BCUT2D eigenvalue weighted by Crippen LogP contribution is 2.37. The fourth-order valence-corrected chi connectivity index (χ4v) is 6.36. The molecule has 0 unspecified atom stereocenters. The Morgan fingerprint density at radius 2 is 1.82 bits per heavy atom. The van der Waals surface area contributed by atoms with E-state index in [1.165, 1.54) is 10.4 Å². The summed E-state index contributed by atoms with van der Waals surface area (Å²) in [5, 5.41) is 9.51. The Hall–Kier alpha value is -2.74. The zero-order valence-corrected chi connectivity index (χ0v) is 21.3. The Labute approximate surface area is 206 Å². The Morgan fingerprint density at radius 1 is 1.12 bits per heavy atom. The molecule has 3 aromatic rings. The molecule has 0 aliphatic heterocycles. The molecule has 6 nitrogen and oxygen atoms in total. The van der Waals surface area contributed by atoms with Gasteiger partial charge in [0.1, 0.15) is 0 Å². The lowest BCUT2D eigenvalue weighted by Crippen LogP contribution is -2.46. The molecule has 180 valence electrons. The van der Waals surface area contributed by atoms with Crippen LogP contribution in [0.3, 0.4) is 0 Å². The molecule has 0 saturated heterocycles. The van der Waals surface area contributed by atoms with E-state index in [9.17, 15) is 13.2 Å². The number of pyridine rings is 1. The second-order valence-corrected chi connectivity index (χ2v) is 11.0. The average molecular weight is 501 g/mol. The summed E-state index contributed by atoms with van der Waals surface area (Å²) in [5.41, 5.74) is 3.26. The molecule has 0 aliphatic carbocycles. The molecule has 0 atom stereocenters. The van der Waals surface area contributed by atoms with E-state index >= 15 is 0 Å². The largest absolute Gasteiger partial charge is 0.481 e. The van der Waals surface area contributed by atoms with Crippen molar-refractivity contribution in [3.63, 3.8) is 0 Å². The number of rotatable bonds is 9. The normalized spacial score (nSPS) is 12.2. The third-order valence-corrected chi connectivity index (χ3v) is 8.69. The van der Waals surface area contributed by atoms with Gasteiger partial charge >= 0.3 is 5.97 Å². The minimum absolute atomic E-state index is 0.0477. The van der Waals surface area contributed by atoms with Crippen molar-refractivity contribution in [2.24, 2.45) is 0 Å². The first-order chi connectivity index (χ1) is 16.0. The van der Waals surface area contributed by atoms with Crippen molar-refractivity contribution in [3.8, 4) is 11.1 Å². The van der Waals surface area contributed by atoms with Crippen LogP contribution in [0.15, 0.2) is 65.8 Å². The van der Waals surface area contributed by atoms with Crippen LogP contribution < -0.4 is 0 Å². The molecule has 0 fully saturated rings. The van der Waals surface area contributed by atoms with Gasteiger partial charge in [-0.05, 0) is 86.2 Å². The number of aryl methyl sites for hydroxylation is 1. The van der Waals surface area contributed by atoms with Gasteiger partial charge in [-0.15, -0.1) is 0 Å². The Morgan fingerprint density at radius 3 is 2.50 bits per heavy atom. The standard InChI is InChI=1S/C26H29ClN2O4S/c1-18-17-28-14-13-22(18)20-8-5-9-21(16-20)26(3,4)29(15-7-12-25(30)31)34(32,33)24-11-6-10-23(27)19(24)2/h5-6,8-11,13-14,16-17H,7,12,15H2,1-4H3,(H,30,31). The van der Waals surface area contributed by atoms with Gasteiger partial charge in [0.15, 0.2) is 0 Å². The van der Waals surface area contributed by atoms with Crippen molar-refractivity contribution in [2.45, 2.75) is 51.0 Å². The van der Waals surface area contributed by atoms with E-state index in [2.05, 4.69) is 4.98 Å². The Bertz CT molecular complexity index is 1310. The van der Waals surface area contributed by atoms with E-state index in [1.54, 1.807) is 31.5 Å². The molecule has 1 heterocycles. The second kappa shape index (κ2) is 10.3. The summed E-state index contributed by atoms with van der Waals surface area (Å²) in [4.78, 5) is 15.4. The minimum Gasteiger partial charge on any atom is -0.481 e. The minimum atomic E-state index is -4.00. The lowest BCUT2D eigenvalue weighted by atomic mass is 9.90. The van der Waals surface area contributed by atoms with Gasteiger partial charge in [-0.3, -0.25) is 9.78 Å². The number of halogens is 1. The summed E-state index contributed by atoms with van der Waals surface area (Å²) in [6.45, 7) is 7.37. The van der Waals surface area contributed by atoms with Crippen molar-refractivity contribution in [1.29, 1.82) is 0 Å². The van der Waals surface area contributed by atoms with Gasteiger partial charge < -0.3 is 5.11 Å². The zero-order chi connectivity index (χ0) is 25.1. The third-order valence-electron chi connectivity index (χ3n) is 6.06. The van der Waals surface area contributed by atoms with Crippen molar-refractivity contribution in [3.05, 3.63) is 82.6 Å². The zero-order valence-electron chi connectivity index (χ0n) is 19.7. The van der Waals surface area contributed by atoms with Crippen molar-refractivity contribution in [2.75, 3.05) is 6.54 Å². The van der Waals surface area contributed by atoms with Crippen LogP contribution >= 0.6 is 11.6 Å². The number of carboxylic acid groups (broad SMARTS) is 1. The molecule has 0 bridgehead atoms. The number of benzene rings is 2. The molecule has 0 radical (unpaired) electrons. The van der Waals surface area contributed by atoms with Gasteiger partial charge in [-0.1, -0.05) is 35.9 Å². The molecule has 0 aliphatic rings. The summed E-state index contributed by atoms with van der Waals surface area (Å²) in [7, 11) is -4.00. The van der Waals surface area contributed by atoms with Crippen molar-refractivity contribution >= 4 is 27.6 Å². The Balaban J connectivity index is 2.12. The number of aliphatic carboxylic acids is 1. The van der Waals surface area contributed by atoms with Crippen LogP contribution in [0.5, 0.6) is 0 Å². The first-order valence-electron chi connectivity index (χ1n) is 11.0. The quantitative estimate of drug-likeness (QED) is 0.400. The number of aromatic nitrogens is 1. The van der Waals surface area contributed by atoms with E-state index in [1.807, 2.05) is 51.1 Å². The van der Waals surface area contributed by atoms with E-state index < -0.39 is 21.5 Å². The summed E-state index contributed by atoms with van der Waals surface area (Å²) in [6, 6.07) is 14.5. The SMILES string of the molecule is Cc1cnccc1-c1cccc(C(C)(C)N(CCCC(=O)O)S(=O)(=O)c2cccc(Cl)c2C)c1. The number of sulfonamides is 1. The predicted molar refractivity (Wildman–Crippen MR) is 134 cm³/mol. The van der Waals surface area contributed by atoms with E-state index in [0.717, 1.165) is 22.3 Å². The Kier molecular flexibility index (Phi) is 7.81. The first-order valence-corrected chi connectivity index (χ1v) is 12.8. The molecule has 0 spiro atoms. The van der Waals surface area contributed by atoms with Crippen LogP contribution in [-0.2, 0) is 20.4 Å². The molecule has 0 amide bonds. The molecule has 8 heteroatoms. The highest BCUT2D eigenvalue weighted by Gasteiger charge is 2.39. The molecular weight excluding hydrogens is 472 g/mol. The second-order valence-electron chi connectivity index (χ2n) is 8.77. The van der Waals surface area contributed by atoms with Crippen molar-refractivity contribution in [1.82, 2.24) is 9.29 Å². The van der Waals surface area contributed by atoms with Crippen LogP contribution in [0.2, 0.25) is 5.02 Å². The van der Waals surface area contributed by atoms with Gasteiger partial charge in [0.25, 0.3) is 0 Å². The predicted octanol–water partition coefficient (Wildman–Crippen LogP) is 5.81. The number of nitrogens with zero attached hydrogens (tertiary/aromatic N) is 2. The first kappa shape index (κ1) is 25.9. The van der Waals surface area contributed by atoms with Crippen LogP contribution in [0.25, 0.3) is 11.1 Å². The highest BCUT2D eigenvalue weighted by atomic mass is 35.5. The van der Waals surface area contributed by atoms with Gasteiger partial charge in [0.05, 0.1) is 10.4 Å². The van der Waals surface area contributed by atoms with Gasteiger partial charge in [0, 0.05) is 30.4 Å². The third kappa shape index (κ3) is 5.32. The lowest BCUT2D eigenvalue weighted by molar-refractivity contribution is -0.137. The number of carboxylic acids is 1. The van der Waals surface area contributed by atoms with Crippen LogP contribution in [0.4, 0.5) is 0 Å². The highest BCUT2D eigenvalue weighted by molar-refractivity contribution is 7.89. The summed E-state index contributed by atoms with van der Waals surface area (Å²) in [6.07, 6.45) is 3.57. The molecule has 3 rings (SSSR count). The molecular formula is C26H29ClN2O4S. The van der Waals surface area contributed by atoms with Gasteiger partial charge in [-0.25, -0.2) is 8.42 Å². The summed E-state index contributed by atoms with van der Waals surface area (Å²) >= 11 is 6.24. The topological polar surface area (TPSA) is 87.6 Å². The van der Waals surface area contributed by atoms with Crippen molar-refractivity contribution < 1.29 is 18.3 Å². The maximum Gasteiger partial charge on any atom is 0.303 e. The van der Waals surface area contributed by atoms with E-state index in [0.29, 0.717) is 10.6 Å². The number of carbonyl (C=O) groups is 1. The van der Waals surface area contributed by atoms with E-state index in [-0.39, 0.29) is 24.3 Å².